The van der Waals surface area contributed by atoms with Crippen LogP contribution in [0.15, 0.2) is 18.5 Å². The minimum atomic E-state index is -0.202. The summed E-state index contributed by atoms with van der Waals surface area (Å²) in [5.41, 5.74) is 0. The minimum absolute atomic E-state index is 0.0804. The first kappa shape index (κ1) is 12.1. The molecule has 0 aromatic carbocycles. The van der Waals surface area contributed by atoms with Gasteiger partial charge in [0, 0.05) is 32.5 Å². The van der Waals surface area contributed by atoms with Gasteiger partial charge in [-0.3, -0.25) is 9.48 Å². The van der Waals surface area contributed by atoms with Crippen molar-refractivity contribution >= 4 is 5.91 Å². The molecule has 1 aromatic heterocycles. The zero-order chi connectivity index (χ0) is 12.1. The Morgan fingerprint density at radius 3 is 3.24 bits per heavy atom. The summed E-state index contributed by atoms with van der Waals surface area (Å²) < 4.78 is 7.09. The number of rotatable bonds is 4. The normalized spacial score (nSPS) is 20.2. The Morgan fingerprint density at radius 2 is 2.59 bits per heavy atom. The summed E-state index contributed by atoms with van der Waals surface area (Å²) in [5.74, 6) is 0.0804. The number of aromatic nitrogens is 2. The number of hydrogen-bond donors (Lipinski definition) is 1. The van der Waals surface area contributed by atoms with E-state index in [-0.39, 0.29) is 11.9 Å². The second-order valence-corrected chi connectivity index (χ2v) is 4.11. The molecule has 0 radical (unpaired) electrons. The summed E-state index contributed by atoms with van der Waals surface area (Å²) in [6.45, 7) is 3.25. The Balaban J connectivity index is 1.78. The topological polar surface area (TPSA) is 59.4 Å². The Kier molecular flexibility index (Phi) is 4.11. The molecule has 1 aromatic rings. The van der Waals surface area contributed by atoms with Gasteiger partial charge in [0.15, 0.2) is 0 Å². The van der Waals surface area contributed by atoms with Crippen LogP contribution in [0.25, 0.3) is 0 Å². The van der Waals surface area contributed by atoms with Gasteiger partial charge in [0.2, 0.25) is 5.91 Å². The van der Waals surface area contributed by atoms with Gasteiger partial charge in [0.25, 0.3) is 0 Å². The molecule has 2 heterocycles. The standard InChI is InChI=1S/C11H18N4O2/c1-14(6-7-15-5-2-3-13-15)11(16)10-9-17-8-4-12-10/h2-3,5,10,12H,4,6-9H2,1H3. The smallest absolute Gasteiger partial charge is 0.241 e. The van der Waals surface area contributed by atoms with Crippen LogP contribution in [0.3, 0.4) is 0 Å². The van der Waals surface area contributed by atoms with Crippen molar-refractivity contribution in [3.05, 3.63) is 18.5 Å². The van der Waals surface area contributed by atoms with Crippen LogP contribution in [0.2, 0.25) is 0 Å². The number of likely N-dealkylation sites (N-methyl/N-ethyl adjacent to an activating group) is 1. The van der Waals surface area contributed by atoms with Gasteiger partial charge in [-0.25, -0.2) is 0 Å². The minimum Gasteiger partial charge on any atom is -0.378 e. The van der Waals surface area contributed by atoms with Gasteiger partial charge in [-0.2, -0.15) is 5.10 Å². The van der Waals surface area contributed by atoms with Crippen molar-refractivity contribution in [1.82, 2.24) is 20.0 Å². The van der Waals surface area contributed by atoms with E-state index < -0.39 is 0 Å². The Morgan fingerprint density at radius 1 is 1.71 bits per heavy atom. The number of nitrogens with one attached hydrogen (secondary N) is 1. The third-order valence-corrected chi connectivity index (χ3v) is 2.82. The molecule has 2 rings (SSSR count). The lowest BCUT2D eigenvalue weighted by Crippen LogP contribution is -2.52. The molecule has 1 aliphatic heterocycles. The average Bonchev–Trinajstić information content (AvgIpc) is 2.89. The van der Waals surface area contributed by atoms with Crippen LogP contribution in [0.4, 0.5) is 0 Å². The van der Waals surface area contributed by atoms with E-state index in [0.29, 0.717) is 26.3 Å². The maximum absolute atomic E-state index is 12.0. The van der Waals surface area contributed by atoms with E-state index in [1.807, 2.05) is 24.0 Å². The lowest BCUT2D eigenvalue weighted by atomic mass is 10.2. The van der Waals surface area contributed by atoms with Gasteiger partial charge in [-0.1, -0.05) is 0 Å². The highest BCUT2D eigenvalue weighted by Gasteiger charge is 2.23. The summed E-state index contributed by atoms with van der Waals surface area (Å²) in [4.78, 5) is 13.7. The van der Waals surface area contributed by atoms with E-state index in [2.05, 4.69) is 10.4 Å². The first-order valence-electron chi connectivity index (χ1n) is 5.81. The van der Waals surface area contributed by atoms with Gasteiger partial charge in [0.1, 0.15) is 6.04 Å². The van der Waals surface area contributed by atoms with Crippen LogP contribution < -0.4 is 5.32 Å². The van der Waals surface area contributed by atoms with Gasteiger partial charge in [0.05, 0.1) is 19.8 Å². The fraction of sp³-hybridized carbons (Fsp3) is 0.636. The molecular formula is C11H18N4O2. The molecule has 6 nitrogen and oxygen atoms in total. The molecule has 1 saturated heterocycles. The lowest BCUT2D eigenvalue weighted by Gasteiger charge is -2.27. The molecule has 1 atom stereocenters. The predicted molar refractivity (Wildman–Crippen MR) is 62.5 cm³/mol. The summed E-state index contributed by atoms with van der Waals surface area (Å²) in [7, 11) is 1.81. The van der Waals surface area contributed by atoms with Crippen LogP contribution >= 0.6 is 0 Å². The molecule has 0 spiro atoms. The van der Waals surface area contributed by atoms with Crippen LogP contribution in [-0.2, 0) is 16.1 Å². The molecule has 1 aliphatic rings. The Hall–Kier alpha value is -1.40. The molecule has 6 heteroatoms. The fourth-order valence-corrected chi connectivity index (χ4v) is 1.79. The quantitative estimate of drug-likeness (QED) is 0.756. The first-order chi connectivity index (χ1) is 8.27. The zero-order valence-corrected chi connectivity index (χ0v) is 10.0. The zero-order valence-electron chi connectivity index (χ0n) is 10.0. The van der Waals surface area contributed by atoms with Crippen LogP contribution in [0.5, 0.6) is 0 Å². The molecule has 1 amide bonds. The van der Waals surface area contributed by atoms with Crippen molar-refractivity contribution in [1.29, 1.82) is 0 Å². The summed E-state index contributed by atoms with van der Waals surface area (Å²) in [6.07, 6.45) is 3.62. The summed E-state index contributed by atoms with van der Waals surface area (Å²) in [6, 6.07) is 1.67. The number of carbonyl (C=O) groups excluding carboxylic acids is 1. The highest BCUT2D eigenvalue weighted by atomic mass is 16.5. The Bertz CT molecular complexity index is 346. The Labute approximate surface area is 101 Å². The van der Waals surface area contributed by atoms with Gasteiger partial charge >= 0.3 is 0 Å². The van der Waals surface area contributed by atoms with Crippen molar-refractivity contribution < 1.29 is 9.53 Å². The van der Waals surface area contributed by atoms with Crippen LogP contribution in [0, 0.1) is 0 Å². The third-order valence-electron chi connectivity index (χ3n) is 2.82. The average molecular weight is 238 g/mol. The molecular weight excluding hydrogens is 220 g/mol. The summed E-state index contributed by atoms with van der Waals surface area (Å²) >= 11 is 0. The van der Waals surface area contributed by atoms with Crippen molar-refractivity contribution in [3.8, 4) is 0 Å². The lowest BCUT2D eigenvalue weighted by molar-refractivity contribution is -0.135. The maximum atomic E-state index is 12.0. The SMILES string of the molecule is CN(CCn1cccn1)C(=O)C1COCCN1. The van der Waals surface area contributed by atoms with E-state index in [1.165, 1.54) is 0 Å². The summed E-state index contributed by atoms with van der Waals surface area (Å²) in [5, 5.41) is 7.25. The van der Waals surface area contributed by atoms with E-state index >= 15 is 0 Å². The number of ether oxygens (including phenoxy) is 1. The predicted octanol–water partition coefficient (Wildman–Crippen LogP) is -0.670. The number of morpholine rings is 1. The van der Waals surface area contributed by atoms with Crippen molar-refractivity contribution in [2.45, 2.75) is 12.6 Å². The second-order valence-electron chi connectivity index (χ2n) is 4.11. The molecule has 0 bridgehead atoms. The molecule has 0 aliphatic carbocycles. The van der Waals surface area contributed by atoms with Crippen molar-refractivity contribution in [2.75, 3.05) is 33.4 Å². The van der Waals surface area contributed by atoms with E-state index in [4.69, 9.17) is 4.74 Å². The van der Waals surface area contributed by atoms with Crippen LogP contribution in [-0.4, -0.2) is 60.0 Å². The van der Waals surface area contributed by atoms with Crippen molar-refractivity contribution in [3.63, 3.8) is 0 Å². The monoisotopic (exact) mass is 238 g/mol. The number of hydrogen-bond acceptors (Lipinski definition) is 4. The van der Waals surface area contributed by atoms with E-state index in [9.17, 15) is 4.79 Å². The molecule has 17 heavy (non-hydrogen) atoms. The molecule has 1 fully saturated rings. The largest absolute Gasteiger partial charge is 0.378 e. The van der Waals surface area contributed by atoms with Crippen molar-refractivity contribution in [2.24, 2.45) is 0 Å². The molecule has 1 unspecified atom stereocenters. The second kappa shape index (κ2) is 5.79. The fourth-order valence-electron chi connectivity index (χ4n) is 1.79. The number of nitrogens with zero attached hydrogens (tertiary/aromatic N) is 3. The molecule has 1 N–H and O–H groups in total. The molecule has 94 valence electrons. The third kappa shape index (κ3) is 3.28. The molecule has 0 saturated carbocycles. The van der Waals surface area contributed by atoms with E-state index in [0.717, 1.165) is 6.54 Å². The maximum Gasteiger partial charge on any atom is 0.241 e. The number of carbonyl (C=O) groups is 1. The number of amides is 1. The van der Waals surface area contributed by atoms with Gasteiger partial charge in [-0.05, 0) is 6.07 Å². The van der Waals surface area contributed by atoms with Gasteiger partial charge < -0.3 is 15.0 Å². The van der Waals surface area contributed by atoms with Gasteiger partial charge in [-0.15, -0.1) is 0 Å². The van der Waals surface area contributed by atoms with Crippen LogP contribution in [0.1, 0.15) is 0 Å². The highest BCUT2D eigenvalue weighted by Crippen LogP contribution is 1.99. The highest BCUT2D eigenvalue weighted by molar-refractivity contribution is 5.81. The first-order valence-corrected chi connectivity index (χ1v) is 5.81. The van der Waals surface area contributed by atoms with E-state index in [1.54, 1.807) is 11.1 Å².